The van der Waals surface area contributed by atoms with Crippen molar-refractivity contribution in [1.29, 1.82) is 0 Å². The molecule has 1 amide bonds. The van der Waals surface area contributed by atoms with E-state index >= 15 is 0 Å². The van der Waals surface area contributed by atoms with E-state index < -0.39 is 6.10 Å². The van der Waals surface area contributed by atoms with Crippen LogP contribution in [0.2, 0.25) is 0 Å². The van der Waals surface area contributed by atoms with Gasteiger partial charge in [-0.25, -0.2) is 0 Å². The van der Waals surface area contributed by atoms with Crippen LogP contribution in [-0.4, -0.2) is 34.1 Å². The van der Waals surface area contributed by atoms with Gasteiger partial charge in [-0.3, -0.25) is 4.79 Å². The number of carbonyl (C=O) groups is 1. The van der Waals surface area contributed by atoms with Gasteiger partial charge in [0.25, 0.3) is 5.91 Å². The highest BCUT2D eigenvalue weighted by Gasteiger charge is 2.24. The normalized spacial score (nSPS) is 12.0. The lowest BCUT2D eigenvalue weighted by atomic mass is 10.1. The lowest BCUT2D eigenvalue weighted by Crippen LogP contribution is -2.39. The molecule has 0 bridgehead atoms. The molecule has 0 saturated heterocycles. The van der Waals surface area contributed by atoms with E-state index in [2.05, 4.69) is 10.1 Å². The SMILES string of the molecule is CCC(Oc1ccc(C)c(C)c1)C(=O)N(C)Cc1nc(-c2cccs2)no1. The molecule has 3 aromatic rings. The van der Waals surface area contributed by atoms with Crippen LogP contribution in [0.15, 0.2) is 40.2 Å². The van der Waals surface area contributed by atoms with Crippen LogP contribution in [0.4, 0.5) is 0 Å². The van der Waals surface area contributed by atoms with Gasteiger partial charge in [0.15, 0.2) is 6.10 Å². The minimum absolute atomic E-state index is 0.119. The Morgan fingerprint density at radius 2 is 2.11 bits per heavy atom. The monoisotopic (exact) mass is 385 g/mol. The van der Waals surface area contributed by atoms with E-state index in [-0.39, 0.29) is 12.5 Å². The number of benzene rings is 1. The third-order valence-electron chi connectivity index (χ3n) is 4.36. The molecule has 0 radical (unpaired) electrons. The molecule has 0 N–H and O–H groups in total. The average Bonchev–Trinajstić information content (AvgIpc) is 3.33. The molecule has 0 saturated carbocycles. The van der Waals surface area contributed by atoms with Gasteiger partial charge in [0.2, 0.25) is 11.7 Å². The molecule has 0 aliphatic heterocycles. The second kappa shape index (κ2) is 8.35. The van der Waals surface area contributed by atoms with E-state index in [1.807, 2.05) is 56.5 Å². The largest absolute Gasteiger partial charge is 0.481 e. The van der Waals surface area contributed by atoms with Crippen LogP contribution in [0.25, 0.3) is 10.7 Å². The van der Waals surface area contributed by atoms with Gasteiger partial charge in [0.05, 0.1) is 11.4 Å². The molecule has 1 atom stereocenters. The summed E-state index contributed by atoms with van der Waals surface area (Å²) in [5.74, 6) is 1.52. The Labute approximate surface area is 162 Å². The number of amides is 1. The maximum atomic E-state index is 12.8. The van der Waals surface area contributed by atoms with Crippen molar-refractivity contribution in [3.63, 3.8) is 0 Å². The van der Waals surface area contributed by atoms with E-state index in [1.54, 1.807) is 23.3 Å². The summed E-state index contributed by atoms with van der Waals surface area (Å²) in [5, 5.41) is 5.93. The van der Waals surface area contributed by atoms with E-state index in [0.717, 1.165) is 10.4 Å². The molecule has 2 heterocycles. The van der Waals surface area contributed by atoms with Crippen molar-refractivity contribution in [2.75, 3.05) is 7.05 Å². The van der Waals surface area contributed by atoms with E-state index in [4.69, 9.17) is 9.26 Å². The quantitative estimate of drug-likeness (QED) is 0.609. The topological polar surface area (TPSA) is 68.5 Å². The lowest BCUT2D eigenvalue weighted by molar-refractivity contribution is -0.138. The zero-order valence-corrected chi connectivity index (χ0v) is 16.7. The van der Waals surface area contributed by atoms with Gasteiger partial charge in [-0.1, -0.05) is 24.2 Å². The van der Waals surface area contributed by atoms with Crippen LogP contribution in [0, 0.1) is 13.8 Å². The molecule has 0 spiro atoms. The summed E-state index contributed by atoms with van der Waals surface area (Å²) in [6.07, 6.45) is 0.0113. The Kier molecular flexibility index (Phi) is 5.91. The smallest absolute Gasteiger partial charge is 0.263 e. The highest BCUT2D eigenvalue weighted by Crippen LogP contribution is 2.22. The number of aromatic nitrogens is 2. The van der Waals surface area contributed by atoms with E-state index in [9.17, 15) is 4.79 Å². The Bertz CT molecular complexity index is 905. The summed E-state index contributed by atoms with van der Waals surface area (Å²) >= 11 is 1.54. The van der Waals surface area contributed by atoms with Gasteiger partial charge in [0, 0.05) is 7.05 Å². The molecule has 1 unspecified atom stereocenters. The third-order valence-corrected chi connectivity index (χ3v) is 5.23. The number of hydrogen-bond acceptors (Lipinski definition) is 6. The second-order valence-corrected chi connectivity index (χ2v) is 7.39. The molecule has 0 aliphatic rings. The maximum absolute atomic E-state index is 12.8. The van der Waals surface area contributed by atoms with Crippen molar-refractivity contribution < 1.29 is 14.1 Å². The Morgan fingerprint density at radius 3 is 2.78 bits per heavy atom. The summed E-state index contributed by atoms with van der Waals surface area (Å²) in [6, 6.07) is 9.70. The number of thiophene rings is 1. The number of rotatable bonds is 7. The summed E-state index contributed by atoms with van der Waals surface area (Å²) < 4.78 is 11.2. The summed E-state index contributed by atoms with van der Waals surface area (Å²) in [7, 11) is 1.71. The van der Waals surface area contributed by atoms with Crippen LogP contribution in [0.5, 0.6) is 5.75 Å². The number of likely N-dealkylation sites (N-methyl/N-ethyl adjacent to an activating group) is 1. The van der Waals surface area contributed by atoms with Crippen LogP contribution in [0.1, 0.15) is 30.4 Å². The lowest BCUT2D eigenvalue weighted by Gasteiger charge is -2.23. The van der Waals surface area contributed by atoms with Gasteiger partial charge in [-0.2, -0.15) is 4.98 Å². The molecule has 27 heavy (non-hydrogen) atoms. The first-order valence-corrected chi connectivity index (χ1v) is 9.71. The van der Waals surface area contributed by atoms with Gasteiger partial charge < -0.3 is 14.2 Å². The Balaban J connectivity index is 1.65. The maximum Gasteiger partial charge on any atom is 0.263 e. The highest BCUT2D eigenvalue weighted by atomic mass is 32.1. The zero-order valence-electron chi connectivity index (χ0n) is 15.9. The molecule has 0 fully saturated rings. The minimum Gasteiger partial charge on any atom is -0.481 e. The van der Waals surface area contributed by atoms with Crippen molar-refractivity contribution in [2.45, 2.75) is 39.8 Å². The average molecular weight is 385 g/mol. The molecule has 0 aliphatic carbocycles. The molecule has 1 aromatic carbocycles. The van der Waals surface area contributed by atoms with Gasteiger partial charge in [-0.05, 0) is 55.0 Å². The number of hydrogen-bond donors (Lipinski definition) is 0. The van der Waals surface area contributed by atoms with Crippen molar-refractivity contribution in [3.05, 3.63) is 52.7 Å². The highest BCUT2D eigenvalue weighted by molar-refractivity contribution is 7.13. The zero-order chi connectivity index (χ0) is 19.4. The minimum atomic E-state index is -0.559. The fraction of sp³-hybridized carbons (Fsp3) is 0.350. The molecular weight excluding hydrogens is 362 g/mol. The molecular formula is C20H23N3O3S. The standard InChI is InChI=1S/C20H23N3O3S/c1-5-16(25-15-9-8-13(2)14(3)11-15)20(24)23(4)12-18-21-19(22-26-18)17-7-6-10-27-17/h6-11,16H,5,12H2,1-4H3. The predicted molar refractivity (Wildman–Crippen MR) is 105 cm³/mol. The van der Waals surface area contributed by atoms with Crippen molar-refractivity contribution in [2.24, 2.45) is 0 Å². The van der Waals surface area contributed by atoms with Gasteiger partial charge >= 0.3 is 0 Å². The Hall–Kier alpha value is -2.67. The number of aryl methyl sites for hydroxylation is 2. The van der Waals surface area contributed by atoms with E-state index in [0.29, 0.717) is 23.9 Å². The molecule has 2 aromatic heterocycles. The molecule has 6 nitrogen and oxygen atoms in total. The van der Waals surface area contributed by atoms with Crippen LogP contribution >= 0.6 is 11.3 Å². The second-order valence-electron chi connectivity index (χ2n) is 6.44. The summed E-state index contributed by atoms with van der Waals surface area (Å²) in [4.78, 5) is 19.6. The first-order chi connectivity index (χ1) is 13.0. The van der Waals surface area contributed by atoms with Crippen molar-refractivity contribution >= 4 is 17.2 Å². The van der Waals surface area contributed by atoms with Crippen LogP contribution < -0.4 is 4.74 Å². The fourth-order valence-electron chi connectivity index (χ4n) is 2.61. The van der Waals surface area contributed by atoms with Crippen LogP contribution in [-0.2, 0) is 11.3 Å². The molecule has 142 valence electrons. The fourth-order valence-corrected chi connectivity index (χ4v) is 3.26. The third kappa shape index (κ3) is 4.54. The first-order valence-electron chi connectivity index (χ1n) is 8.83. The molecule has 3 rings (SSSR count). The Morgan fingerprint density at radius 1 is 1.30 bits per heavy atom. The van der Waals surface area contributed by atoms with Crippen LogP contribution in [0.3, 0.4) is 0 Å². The predicted octanol–water partition coefficient (Wildman–Crippen LogP) is 4.23. The summed E-state index contributed by atoms with van der Waals surface area (Å²) in [5.41, 5.74) is 2.33. The number of nitrogens with zero attached hydrogens (tertiary/aromatic N) is 3. The van der Waals surface area contributed by atoms with Crippen molar-refractivity contribution in [3.8, 4) is 16.5 Å². The number of carbonyl (C=O) groups excluding carboxylic acids is 1. The summed E-state index contributed by atoms with van der Waals surface area (Å²) in [6.45, 7) is 6.24. The van der Waals surface area contributed by atoms with Gasteiger partial charge in [-0.15, -0.1) is 11.3 Å². The number of ether oxygens (including phenoxy) is 1. The van der Waals surface area contributed by atoms with E-state index in [1.165, 1.54) is 5.56 Å². The first kappa shape index (κ1) is 19.1. The van der Waals surface area contributed by atoms with Crippen molar-refractivity contribution in [1.82, 2.24) is 15.0 Å². The van der Waals surface area contributed by atoms with Gasteiger partial charge in [0.1, 0.15) is 5.75 Å². The molecule has 7 heteroatoms.